The van der Waals surface area contributed by atoms with Crippen molar-refractivity contribution in [2.75, 3.05) is 6.61 Å². The Labute approximate surface area is 135 Å². The monoisotopic (exact) mass is 311 g/mol. The molecule has 1 N–H and O–H groups in total. The number of rotatable bonds is 4. The van der Waals surface area contributed by atoms with Gasteiger partial charge in [0.25, 0.3) is 0 Å². The number of carbonyl (C=O) groups is 1. The van der Waals surface area contributed by atoms with E-state index in [1.165, 1.54) is 6.20 Å². The molecule has 3 rings (SSSR count). The first kappa shape index (κ1) is 16.5. The van der Waals surface area contributed by atoms with Crippen LogP contribution in [0.25, 0.3) is 0 Å². The minimum absolute atomic E-state index is 0.0492. The smallest absolute Gasteiger partial charge is 0.356 e. The van der Waals surface area contributed by atoms with Gasteiger partial charge in [-0.3, -0.25) is 0 Å². The zero-order valence-corrected chi connectivity index (χ0v) is 13.3. The van der Waals surface area contributed by atoms with Crippen LogP contribution in [0, 0.1) is 0 Å². The van der Waals surface area contributed by atoms with Crippen LogP contribution >= 0.6 is 0 Å². The molecule has 23 heavy (non-hydrogen) atoms. The maximum atomic E-state index is 11.8. The topological polar surface area (TPSA) is 59.9 Å². The number of esters is 1. The van der Waals surface area contributed by atoms with Gasteiger partial charge in [-0.05, 0) is 31.5 Å². The van der Waals surface area contributed by atoms with Crippen LogP contribution in [-0.2, 0) is 4.74 Å². The SMILES string of the molecule is CCOC(=O)c1cncn1C(C)c1ccccc1.c1cc[nH]c1. The van der Waals surface area contributed by atoms with Crippen molar-refractivity contribution in [1.82, 2.24) is 14.5 Å². The molecule has 5 heteroatoms. The molecule has 3 aromatic rings. The summed E-state index contributed by atoms with van der Waals surface area (Å²) in [5.74, 6) is -0.335. The molecule has 5 nitrogen and oxygen atoms in total. The lowest BCUT2D eigenvalue weighted by molar-refractivity contribution is 0.0512. The van der Waals surface area contributed by atoms with E-state index in [-0.39, 0.29) is 12.0 Å². The van der Waals surface area contributed by atoms with Crippen LogP contribution in [0.1, 0.15) is 35.9 Å². The van der Waals surface area contributed by atoms with E-state index in [2.05, 4.69) is 9.97 Å². The van der Waals surface area contributed by atoms with E-state index in [0.29, 0.717) is 12.3 Å². The van der Waals surface area contributed by atoms with Crippen LogP contribution in [-0.4, -0.2) is 27.1 Å². The number of hydrogen-bond donors (Lipinski definition) is 1. The molecular formula is C18H21N3O2. The first-order valence-electron chi connectivity index (χ1n) is 7.55. The van der Waals surface area contributed by atoms with Gasteiger partial charge in [0.15, 0.2) is 0 Å². The molecule has 0 saturated heterocycles. The molecule has 1 aromatic carbocycles. The quantitative estimate of drug-likeness (QED) is 0.748. The highest BCUT2D eigenvalue weighted by atomic mass is 16.5. The third-order valence-corrected chi connectivity index (χ3v) is 3.35. The average Bonchev–Trinajstić information content (AvgIpc) is 3.29. The van der Waals surface area contributed by atoms with Gasteiger partial charge in [-0.25, -0.2) is 9.78 Å². The molecule has 2 aromatic heterocycles. The van der Waals surface area contributed by atoms with E-state index in [0.717, 1.165) is 5.56 Å². The summed E-state index contributed by atoms with van der Waals surface area (Å²) in [4.78, 5) is 18.7. The molecule has 0 aliphatic heterocycles. The van der Waals surface area contributed by atoms with E-state index >= 15 is 0 Å². The van der Waals surface area contributed by atoms with Crippen molar-refractivity contribution in [1.29, 1.82) is 0 Å². The van der Waals surface area contributed by atoms with Crippen molar-refractivity contribution in [2.24, 2.45) is 0 Å². The highest BCUT2D eigenvalue weighted by Crippen LogP contribution is 2.19. The van der Waals surface area contributed by atoms with Gasteiger partial charge in [0.2, 0.25) is 0 Å². The zero-order valence-electron chi connectivity index (χ0n) is 13.3. The van der Waals surface area contributed by atoms with Crippen LogP contribution in [0.15, 0.2) is 67.4 Å². The van der Waals surface area contributed by atoms with Gasteiger partial charge in [0.1, 0.15) is 5.69 Å². The predicted molar refractivity (Wildman–Crippen MR) is 89.2 cm³/mol. The van der Waals surface area contributed by atoms with Crippen molar-refractivity contribution in [3.63, 3.8) is 0 Å². The van der Waals surface area contributed by atoms with E-state index in [1.807, 2.05) is 66.3 Å². The average molecular weight is 311 g/mol. The van der Waals surface area contributed by atoms with Gasteiger partial charge in [0.05, 0.1) is 25.2 Å². The summed E-state index contributed by atoms with van der Waals surface area (Å²) >= 11 is 0. The van der Waals surface area contributed by atoms with Crippen molar-refractivity contribution >= 4 is 5.97 Å². The molecule has 0 fully saturated rings. The van der Waals surface area contributed by atoms with Crippen LogP contribution in [0.3, 0.4) is 0 Å². The molecule has 1 unspecified atom stereocenters. The van der Waals surface area contributed by atoms with E-state index in [1.54, 1.807) is 13.3 Å². The van der Waals surface area contributed by atoms with Crippen LogP contribution < -0.4 is 0 Å². The highest BCUT2D eigenvalue weighted by Gasteiger charge is 2.17. The third kappa shape index (κ3) is 4.57. The number of nitrogens with zero attached hydrogens (tertiary/aromatic N) is 2. The number of carbonyl (C=O) groups excluding carboxylic acids is 1. The third-order valence-electron chi connectivity index (χ3n) is 3.35. The Morgan fingerprint density at radius 1 is 1.22 bits per heavy atom. The van der Waals surface area contributed by atoms with Crippen molar-refractivity contribution in [3.05, 3.63) is 78.6 Å². The molecule has 1 atom stereocenters. The van der Waals surface area contributed by atoms with Crippen molar-refractivity contribution < 1.29 is 9.53 Å². The summed E-state index contributed by atoms with van der Waals surface area (Å²) in [6.07, 6.45) is 6.95. The lowest BCUT2D eigenvalue weighted by Crippen LogP contribution is -2.15. The molecular weight excluding hydrogens is 290 g/mol. The summed E-state index contributed by atoms with van der Waals surface area (Å²) in [6, 6.07) is 13.9. The number of H-pyrrole nitrogens is 1. The Kier molecular flexibility index (Phi) is 6.17. The Morgan fingerprint density at radius 2 is 1.91 bits per heavy atom. The van der Waals surface area contributed by atoms with Crippen molar-refractivity contribution in [2.45, 2.75) is 19.9 Å². The summed E-state index contributed by atoms with van der Waals surface area (Å²) in [5, 5.41) is 0. The maximum Gasteiger partial charge on any atom is 0.356 e. The van der Waals surface area contributed by atoms with E-state index < -0.39 is 0 Å². The molecule has 0 saturated carbocycles. The van der Waals surface area contributed by atoms with Crippen molar-refractivity contribution in [3.8, 4) is 0 Å². The van der Waals surface area contributed by atoms with Crippen LogP contribution in [0.4, 0.5) is 0 Å². The first-order valence-corrected chi connectivity index (χ1v) is 7.55. The van der Waals surface area contributed by atoms with Gasteiger partial charge in [0, 0.05) is 12.4 Å². The molecule has 120 valence electrons. The predicted octanol–water partition coefficient (Wildman–Crippen LogP) is 3.68. The summed E-state index contributed by atoms with van der Waals surface area (Å²) in [7, 11) is 0. The minimum Gasteiger partial charge on any atom is -0.461 e. The van der Waals surface area contributed by atoms with E-state index in [4.69, 9.17) is 4.74 Å². The number of hydrogen-bond acceptors (Lipinski definition) is 3. The Hall–Kier alpha value is -2.82. The lowest BCUT2D eigenvalue weighted by atomic mass is 10.1. The fraction of sp³-hybridized carbons (Fsp3) is 0.222. The number of aromatic nitrogens is 3. The maximum absolute atomic E-state index is 11.8. The first-order chi connectivity index (χ1) is 11.2. The summed E-state index contributed by atoms with van der Waals surface area (Å²) < 4.78 is 6.84. The van der Waals surface area contributed by atoms with Crippen LogP contribution in [0.5, 0.6) is 0 Å². The molecule has 0 aliphatic carbocycles. The number of benzene rings is 1. The van der Waals surface area contributed by atoms with Gasteiger partial charge in [-0.1, -0.05) is 30.3 Å². The lowest BCUT2D eigenvalue weighted by Gasteiger charge is -2.16. The zero-order chi connectivity index (χ0) is 16.5. The van der Waals surface area contributed by atoms with Crippen LogP contribution in [0.2, 0.25) is 0 Å². The molecule has 0 spiro atoms. The molecule has 0 amide bonds. The molecule has 0 aliphatic rings. The number of imidazole rings is 1. The summed E-state index contributed by atoms with van der Waals surface area (Å²) in [5.41, 5.74) is 1.61. The second-order valence-electron chi connectivity index (χ2n) is 4.88. The number of aromatic amines is 1. The van der Waals surface area contributed by atoms with Gasteiger partial charge in [-0.2, -0.15) is 0 Å². The molecule has 0 radical (unpaired) electrons. The normalized spacial score (nSPS) is 11.2. The minimum atomic E-state index is -0.335. The number of ether oxygens (including phenoxy) is 1. The Bertz CT molecular complexity index is 673. The largest absolute Gasteiger partial charge is 0.461 e. The Balaban J connectivity index is 0.000000326. The summed E-state index contributed by atoms with van der Waals surface area (Å²) in [6.45, 7) is 4.18. The molecule has 0 bridgehead atoms. The second kappa shape index (κ2) is 8.58. The standard InChI is InChI=1S/C14H16N2O2.C4H5N/c1-3-18-14(17)13-9-15-10-16(13)11(2)12-7-5-4-6-8-12;1-2-4-5-3-1/h4-11H,3H2,1-2H3;1-5H. The second-order valence-corrected chi connectivity index (χ2v) is 4.88. The van der Waals surface area contributed by atoms with Gasteiger partial charge < -0.3 is 14.3 Å². The van der Waals surface area contributed by atoms with E-state index in [9.17, 15) is 4.79 Å². The van der Waals surface area contributed by atoms with Gasteiger partial charge >= 0.3 is 5.97 Å². The Morgan fingerprint density at radius 3 is 2.48 bits per heavy atom. The molecule has 2 heterocycles. The number of nitrogens with one attached hydrogen (secondary N) is 1. The van der Waals surface area contributed by atoms with Gasteiger partial charge in [-0.15, -0.1) is 0 Å². The highest BCUT2D eigenvalue weighted by molar-refractivity contribution is 5.87. The fourth-order valence-electron chi connectivity index (χ4n) is 2.15. The fourth-order valence-corrected chi connectivity index (χ4v) is 2.15.